The van der Waals surface area contributed by atoms with Crippen molar-refractivity contribution < 1.29 is 19.4 Å². The lowest BCUT2D eigenvalue weighted by molar-refractivity contribution is -0.138. The number of carbonyl (C=O) groups is 2. The Labute approximate surface area is 95.4 Å². The first-order valence-electron chi connectivity index (χ1n) is 5.24. The van der Waals surface area contributed by atoms with Crippen LogP contribution in [0.2, 0.25) is 0 Å². The molecule has 3 N–H and O–H groups in total. The molecular formula is C10H20N2O4. The predicted molar refractivity (Wildman–Crippen MR) is 59.2 cm³/mol. The number of carbonyl (C=O) groups excluding carboxylic acids is 1. The topological polar surface area (TPSA) is 87.7 Å². The molecule has 0 fully saturated rings. The highest BCUT2D eigenvalue weighted by molar-refractivity contribution is 5.78. The van der Waals surface area contributed by atoms with E-state index in [0.29, 0.717) is 19.7 Å². The summed E-state index contributed by atoms with van der Waals surface area (Å²) in [6, 6.07) is 0. The Morgan fingerprint density at radius 3 is 2.69 bits per heavy atom. The first kappa shape index (κ1) is 14.9. The van der Waals surface area contributed by atoms with Gasteiger partial charge < -0.3 is 20.5 Å². The molecule has 0 heterocycles. The second-order valence-corrected chi connectivity index (χ2v) is 3.68. The largest absolute Gasteiger partial charge is 0.481 e. The molecule has 0 bridgehead atoms. The fourth-order valence-corrected chi connectivity index (χ4v) is 1.10. The van der Waals surface area contributed by atoms with E-state index in [1.165, 1.54) is 0 Å². The van der Waals surface area contributed by atoms with Crippen molar-refractivity contribution in [3.63, 3.8) is 0 Å². The first-order valence-corrected chi connectivity index (χ1v) is 5.24. The summed E-state index contributed by atoms with van der Waals surface area (Å²) in [6.45, 7) is 3.57. The van der Waals surface area contributed by atoms with Crippen molar-refractivity contribution in [1.29, 1.82) is 0 Å². The highest BCUT2D eigenvalue weighted by Crippen LogP contribution is 1.98. The molecule has 0 spiro atoms. The van der Waals surface area contributed by atoms with Gasteiger partial charge in [0.2, 0.25) is 5.91 Å². The molecule has 0 saturated carbocycles. The summed E-state index contributed by atoms with van der Waals surface area (Å²) in [5, 5.41) is 14.1. The monoisotopic (exact) mass is 232 g/mol. The van der Waals surface area contributed by atoms with Gasteiger partial charge in [-0.3, -0.25) is 9.59 Å². The maximum Gasteiger partial charge on any atom is 0.303 e. The summed E-state index contributed by atoms with van der Waals surface area (Å²) in [6.07, 6.45) is 0.0668. The van der Waals surface area contributed by atoms with Gasteiger partial charge in [-0.15, -0.1) is 0 Å². The molecule has 0 aromatic carbocycles. The summed E-state index contributed by atoms with van der Waals surface area (Å²) in [5.41, 5.74) is 0. The number of ether oxygens (including phenoxy) is 1. The van der Waals surface area contributed by atoms with Gasteiger partial charge in [-0.05, 0) is 5.92 Å². The van der Waals surface area contributed by atoms with Crippen molar-refractivity contribution in [3.05, 3.63) is 0 Å². The highest BCUT2D eigenvalue weighted by Gasteiger charge is 2.08. The minimum absolute atomic E-state index is 0.0552. The van der Waals surface area contributed by atoms with Crippen LogP contribution in [0.4, 0.5) is 0 Å². The van der Waals surface area contributed by atoms with Crippen molar-refractivity contribution >= 4 is 11.9 Å². The molecule has 0 aliphatic heterocycles. The zero-order valence-electron chi connectivity index (χ0n) is 9.78. The van der Waals surface area contributed by atoms with Gasteiger partial charge in [0.25, 0.3) is 0 Å². The molecule has 0 aromatic rings. The van der Waals surface area contributed by atoms with Gasteiger partial charge >= 0.3 is 5.97 Å². The lowest BCUT2D eigenvalue weighted by Gasteiger charge is -2.10. The molecule has 1 atom stereocenters. The Bertz CT molecular complexity index is 221. The lowest BCUT2D eigenvalue weighted by atomic mass is 10.1. The molecule has 1 amide bonds. The van der Waals surface area contributed by atoms with Gasteiger partial charge in [0.1, 0.15) is 0 Å². The summed E-state index contributed by atoms with van der Waals surface area (Å²) < 4.78 is 4.81. The molecular weight excluding hydrogens is 212 g/mol. The number of rotatable bonds is 9. The average molecular weight is 232 g/mol. The summed E-state index contributed by atoms with van der Waals surface area (Å²) in [5.74, 6) is -1.03. The van der Waals surface area contributed by atoms with Crippen LogP contribution in [0.3, 0.4) is 0 Å². The van der Waals surface area contributed by atoms with Crippen molar-refractivity contribution in [2.24, 2.45) is 5.92 Å². The molecule has 1 unspecified atom stereocenters. The van der Waals surface area contributed by atoms with Crippen LogP contribution in [0.15, 0.2) is 0 Å². The van der Waals surface area contributed by atoms with Gasteiger partial charge in [-0.1, -0.05) is 6.92 Å². The van der Waals surface area contributed by atoms with Crippen molar-refractivity contribution in [2.75, 3.05) is 33.4 Å². The molecule has 0 aliphatic rings. The third-order valence-electron chi connectivity index (χ3n) is 1.94. The maximum atomic E-state index is 11.2. The number of carboxylic acid groups (broad SMARTS) is 1. The van der Waals surface area contributed by atoms with Gasteiger partial charge in [0.15, 0.2) is 0 Å². The Hall–Kier alpha value is -1.14. The normalized spacial score (nSPS) is 12.1. The standard InChI is InChI=1S/C10H20N2O4/c1-8(5-10(14)15)6-12-9(13)7-11-3-4-16-2/h8,11H,3-7H2,1-2H3,(H,12,13)(H,14,15). The third-order valence-corrected chi connectivity index (χ3v) is 1.94. The molecule has 6 heteroatoms. The van der Waals surface area contributed by atoms with Crippen LogP contribution >= 0.6 is 0 Å². The van der Waals surface area contributed by atoms with E-state index in [1.807, 2.05) is 0 Å². The molecule has 6 nitrogen and oxygen atoms in total. The second-order valence-electron chi connectivity index (χ2n) is 3.68. The van der Waals surface area contributed by atoms with Crippen LogP contribution in [-0.2, 0) is 14.3 Å². The van der Waals surface area contributed by atoms with Crippen molar-refractivity contribution in [1.82, 2.24) is 10.6 Å². The third kappa shape index (κ3) is 9.42. The number of hydrogen-bond acceptors (Lipinski definition) is 4. The number of amides is 1. The minimum Gasteiger partial charge on any atom is -0.481 e. The fraction of sp³-hybridized carbons (Fsp3) is 0.800. The first-order chi connectivity index (χ1) is 7.56. The molecule has 0 radical (unpaired) electrons. The van der Waals surface area contributed by atoms with E-state index in [1.54, 1.807) is 14.0 Å². The number of aliphatic carboxylic acids is 1. The number of methoxy groups -OCH3 is 1. The van der Waals surface area contributed by atoms with Crippen molar-refractivity contribution in [2.45, 2.75) is 13.3 Å². The number of carboxylic acids is 1. The molecule has 0 saturated heterocycles. The summed E-state index contributed by atoms with van der Waals surface area (Å²) in [7, 11) is 1.59. The minimum atomic E-state index is -0.847. The Kier molecular flexibility index (Phi) is 8.46. The van der Waals surface area contributed by atoms with Gasteiger partial charge in [-0.2, -0.15) is 0 Å². The van der Waals surface area contributed by atoms with Crippen LogP contribution < -0.4 is 10.6 Å². The van der Waals surface area contributed by atoms with Crippen LogP contribution in [0, 0.1) is 5.92 Å². The summed E-state index contributed by atoms with van der Waals surface area (Å²) in [4.78, 5) is 21.6. The SMILES string of the molecule is COCCNCC(=O)NCC(C)CC(=O)O. The van der Waals surface area contributed by atoms with E-state index >= 15 is 0 Å². The van der Waals surface area contributed by atoms with Crippen molar-refractivity contribution in [3.8, 4) is 0 Å². The van der Waals surface area contributed by atoms with Gasteiger partial charge in [-0.25, -0.2) is 0 Å². The van der Waals surface area contributed by atoms with E-state index in [0.717, 1.165) is 0 Å². The molecule has 0 rings (SSSR count). The number of nitrogens with one attached hydrogen (secondary N) is 2. The zero-order chi connectivity index (χ0) is 12.4. The Balaban J connectivity index is 3.45. The molecule has 16 heavy (non-hydrogen) atoms. The fourth-order valence-electron chi connectivity index (χ4n) is 1.10. The second kappa shape index (κ2) is 9.11. The van der Waals surface area contributed by atoms with Crippen LogP contribution in [-0.4, -0.2) is 50.3 Å². The lowest BCUT2D eigenvalue weighted by Crippen LogP contribution is -2.37. The van der Waals surface area contributed by atoms with E-state index < -0.39 is 5.97 Å². The molecule has 94 valence electrons. The molecule has 0 aromatic heterocycles. The summed E-state index contributed by atoms with van der Waals surface area (Å²) >= 11 is 0. The maximum absolute atomic E-state index is 11.2. The Morgan fingerprint density at radius 2 is 2.12 bits per heavy atom. The Morgan fingerprint density at radius 1 is 1.44 bits per heavy atom. The number of hydrogen-bond donors (Lipinski definition) is 3. The van der Waals surface area contributed by atoms with Gasteiger partial charge in [0, 0.05) is 26.6 Å². The van der Waals surface area contributed by atoms with Gasteiger partial charge in [0.05, 0.1) is 13.2 Å². The van der Waals surface area contributed by atoms with Crippen LogP contribution in [0.1, 0.15) is 13.3 Å². The highest BCUT2D eigenvalue weighted by atomic mass is 16.5. The van der Waals surface area contributed by atoms with Crippen LogP contribution in [0.25, 0.3) is 0 Å². The average Bonchev–Trinajstić information content (AvgIpc) is 2.20. The van der Waals surface area contributed by atoms with E-state index in [9.17, 15) is 9.59 Å². The van der Waals surface area contributed by atoms with E-state index in [4.69, 9.17) is 9.84 Å². The smallest absolute Gasteiger partial charge is 0.303 e. The van der Waals surface area contributed by atoms with E-state index in [2.05, 4.69) is 10.6 Å². The molecule has 0 aliphatic carbocycles. The zero-order valence-corrected chi connectivity index (χ0v) is 9.78. The van der Waals surface area contributed by atoms with E-state index in [-0.39, 0.29) is 24.8 Å². The predicted octanol–water partition coefficient (Wildman–Crippen LogP) is -0.551. The quantitative estimate of drug-likeness (QED) is 0.464. The van der Waals surface area contributed by atoms with Crippen LogP contribution in [0.5, 0.6) is 0 Å².